The molecule has 3 heterocycles. The first kappa shape index (κ1) is 22.7. The second-order valence-electron chi connectivity index (χ2n) is 9.66. The molecule has 33 heavy (non-hydrogen) atoms. The quantitative estimate of drug-likeness (QED) is 0.595. The minimum absolute atomic E-state index is 0.0658. The third-order valence-electron chi connectivity index (χ3n) is 5.89. The highest BCUT2D eigenvalue weighted by molar-refractivity contribution is 5.88. The first-order valence-electron chi connectivity index (χ1n) is 11.3. The van der Waals surface area contributed by atoms with Crippen molar-refractivity contribution < 1.29 is 9.47 Å². The van der Waals surface area contributed by atoms with Gasteiger partial charge in [-0.05, 0) is 57.2 Å². The number of rotatable bonds is 4. The molecule has 7 heteroatoms. The summed E-state index contributed by atoms with van der Waals surface area (Å²) in [5.41, 5.74) is 2.19. The molecule has 0 saturated carbocycles. The molecule has 1 aliphatic heterocycles. The molecular weight excluding hydrogens is 416 g/mol. The number of hydrogen-bond acceptors (Lipinski definition) is 6. The fraction of sp³-hybridized carbons (Fsp3) is 0.423. The number of ether oxygens (including phenoxy) is 2. The van der Waals surface area contributed by atoms with Gasteiger partial charge in [0.05, 0.1) is 11.2 Å². The van der Waals surface area contributed by atoms with Gasteiger partial charge in [-0.25, -0.2) is 4.98 Å². The number of nitriles is 1. The summed E-state index contributed by atoms with van der Waals surface area (Å²) in [4.78, 5) is 19.3. The molecule has 7 nitrogen and oxygen atoms in total. The van der Waals surface area contributed by atoms with E-state index < -0.39 is 0 Å². The fourth-order valence-corrected chi connectivity index (χ4v) is 4.25. The zero-order chi connectivity index (χ0) is 23.8. The molecule has 3 aromatic rings. The Kier molecular flexibility index (Phi) is 6.03. The van der Waals surface area contributed by atoms with Crippen LogP contribution in [-0.2, 0) is 7.05 Å². The van der Waals surface area contributed by atoms with Crippen LogP contribution in [0.2, 0.25) is 0 Å². The van der Waals surface area contributed by atoms with Gasteiger partial charge in [0.15, 0.2) is 0 Å². The lowest BCUT2D eigenvalue weighted by molar-refractivity contribution is 0.119. The molecule has 0 bridgehead atoms. The van der Waals surface area contributed by atoms with E-state index in [9.17, 15) is 10.1 Å². The van der Waals surface area contributed by atoms with E-state index >= 15 is 0 Å². The van der Waals surface area contributed by atoms with Gasteiger partial charge in [0.1, 0.15) is 40.5 Å². The molecule has 0 amide bonds. The largest absolute Gasteiger partial charge is 0.490 e. The molecule has 172 valence electrons. The van der Waals surface area contributed by atoms with E-state index in [2.05, 4.69) is 22.9 Å². The second-order valence-corrected chi connectivity index (χ2v) is 9.66. The first-order chi connectivity index (χ1) is 15.6. The van der Waals surface area contributed by atoms with Crippen molar-refractivity contribution >= 4 is 16.7 Å². The lowest BCUT2D eigenvalue weighted by Gasteiger charge is -2.38. The predicted octanol–water partition coefficient (Wildman–Crippen LogP) is 4.28. The average molecular weight is 447 g/mol. The van der Waals surface area contributed by atoms with Crippen LogP contribution in [0.5, 0.6) is 11.5 Å². The zero-order valence-electron chi connectivity index (χ0n) is 19.8. The van der Waals surface area contributed by atoms with Crippen molar-refractivity contribution in [3.63, 3.8) is 0 Å². The van der Waals surface area contributed by atoms with Crippen LogP contribution < -0.4 is 19.9 Å². The molecule has 1 fully saturated rings. The van der Waals surface area contributed by atoms with Crippen LogP contribution in [0.15, 0.2) is 47.3 Å². The first-order valence-corrected chi connectivity index (χ1v) is 11.3. The number of aryl methyl sites for hydroxylation is 1. The minimum atomic E-state index is -0.241. The Labute approximate surface area is 194 Å². The van der Waals surface area contributed by atoms with Crippen LogP contribution in [0.1, 0.15) is 39.8 Å². The van der Waals surface area contributed by atoms with Crippen LogP contribution in [0.4, 0.5) is 5.69 Å². The van der Waals surface area contributed by atoms with Crippen LogP contribution >= 0.6 is 0 Å². The molecule has 1 saturated heterocycles. The maximum Gasteiger partial charge on any atom is 0.252 e. The third-order valence-corrected chi connectivity index (χ3v) is 5.89. The topological polar surface area (TPSA) is 80.4 Å². The maximum atomic E-state index is 12.6. The summed E-state index contributed by atoms with van der Waals surface area (Å²) in [5.74, 6) is 1.88. The van der Waals surface area contributed by atoms with Crippen LogP contribution in [0.3, 0.4) is 0 Å². The maximum absolute atomic E-state index is 12.6. The van der Waals surface area contributed by atoms with Gasteiger partial charge in [-0.15, -0.1) is 0 Å². The van der Waals surface area contributed by atoms with Gasteiger partial charge in [0.25, 0.3) is 5.56 Å². The molecule has 0 aliphatic carbocycles. The van der Waals surface area contributed by atoms with Gasteiger partial charge in [-0.1, -0.05) is 6.92 Å². The van der Waals surface area contributed by atoms with Gasteiger partial charge in [0.2, 0.25) is 0 Å². The van der Waals surface area contributed by atoms with E-state index in [0.29, 0.717) is 11.2 Å². The summed E-state index contributed by atoms with van der Waals surface area (Å²) in [5, 5.41) is 9.29. The van der Waals surface area contributed by atoms with Crippen molar-refractivity contribution in [1.29, 1.82) is 5.26 Å². The second kappa shape index (κ2) is 8.78. The normalized spacial score (nSPS) is 18.7. The zero-order valence-corrected chi connectivity index (χ0v) is 19.8. The molecule has 1 aliphatic rings. The third kappa shape index (κ3) is 4.95. The Bertz CT molecular complexity index is 1250. The molecule has 0 unspecified atom stereocenters. The van der Waals surface area contributed by atoms with Crippen molar-refractivity contribution in [2.75, 3.05) is 18.0 Å². The number of anilines is 1. The molecule has 4 rings (SSSR count). The Balaban J connectivity index is 1.51. The van der Waals surface area contributed by atoms with Crippen molar-refractivity contribution in [3.05, 3.63) is 58.5 Å². The summed E-state index contributed by atoms with van der Waals surface area (Å²) in [6.07, 6.45) is 0.881. The number of nitrogens with zero attached hydrogens (tertiary/aromatic N) is 4. The summed E-state index contributed by atoms with van der Waals surface area (Å²) < 4.78 is 13.8. The molecule has 0 N–H and O–H groups in total. The molecule has 1 aromatic carbocycles. The van der Waals surface area contributed by atoms with Crippen LogP contribution in [-0.4, -0.2) is 34.3 Å². The Morgan fingerprint density at radius 3 is 2.45 bits per heavy atom. The van der Waals surface area contributed by atoms with Crippen LogP contribution in [0, 0.1) is 17.2 Å². The van der Waals surface area contributed by atoms with Gasteiger partial charge < -0.3 is 18.9 Å². The summed E-state index contributed by atoms with van der Waals surface area (Å²) in [6, 6.07) is 14.9. The highest BCUT2D eigenvalue weighted by Gasteiger charge is 2.29. The molecule has 0 radical (unpaired) electrons. The summed E-state index contributed by atoms with van der Waals surface area (Å²) >= 11 is 0. The molecule has 2 atom stereocenters. The van der Waals surface area contributed by atoms with Crippen molar-refractivity contribution in [3.8, 4) is 17.6 Å². The lowest BCUT2D eigenvalue weighted by atomic mass is 9.95. The molecule has 2 aromatic heterocycles. The van der Waals surface area contributed by atoms with Gasteiger partial charge in [-0.2, -0.15) is 5.26 Å². The number of piperidine rings is 1. The van der Waals surface area contributed by atoms with E-state index in [0.717, 1.165) is 42.2 Å². The fourth-order valence-electron chi connectivity index (χ4n) is 4.25. The van der Waals surface area contributed by atoms with E-state index in [-0.39, 0.29) is 23.2 Å². The number of benzene rings is 1. The van der Waals surface area contributed by atoms with Crippen molar-refractivity contribution in [2.24, 2.45) is 13.0 Å². The van der Waals surface area contributed by atoms with Gasteiger partial charge >= 0.3 is 0 Å². The van der Waals surface area contributed by atoms with Gasteiger partial charge in [-0.3, -0.25) is 4.79 Å². The molecule has 0 spiro atoms. The summed E-state index contributed by atoms with van der Waals surface area (Å²) in [7, 11) is 1.72. The van der Waals surface area contributed by atoms with Gasteiger partial charge in [0, 0.05) is 38.5 Å². The van der Waals surface area contributed by atoms with E-state index in [1.807, 2.05) is 45.0 Å². The van der Waals surface area contributed by atoms with E-state index in [4.69, 9.17) is 9.47 Å². The van der Waals surface area contributed by atoms with E-state index in [1.165, 1.54) is 0 Å². The smallest absolute Gasteiger partial charge is 0.252 e. The van der Waals surface area contributed by atoms with Crippen LogP contribution in [0.25, 0.3) is 11.0 Å². The monoisotopic (exact) mass is 446 g/mol. The number of hydrogen-bond donors (Lipinski definition) is 0. The Morgan fingerprint density at radius 2 is 1.82 bits per heavy atom. The number of pyridine rings is 2. The average Bonchev–Trinajstić information content (AvgIpc) is 2.77. The Morgan fingerprint density at radius 1 is 1.12 bits per heavy atom. The van der Waals surface area contributed by atoms with E-state index in [1.54, 1.807) is 29.8 Å². The highest BCUT2D eigenvalue weighted by Crippen LogP contribution is 2.31. The Hall–Kier alpha value is -3.53. The SMILES string of the molecule is C[C@@H]1CN(c2cc(=O)n(C)c3ccc(C#N)nc23)CC[C@H]1Oc1ccc(OC(C)(C)C)cc1. The number of aromatic nitrogens is 2. The number of fused-ring (bicyclic) bond motifs is 1. The molecular formula is C26H30N4O3. The standard InChI is InChI=1S/C26H30N4O3/c1-17-16-30(22-14-24(31)29(5)21-11-6-18(15-27)28-25(21)22)13-12-23(17)32-19-7-9-20(10-8-19)33-26(2,3)4/h6-11,14,17,23H,12-13,16H2,1-5H3/t17-,23-/m1/s1. The highest BCUT2D eigenvalue weighted by atomic mass is 16.5. The predicted molar refractivity (Wildman–Crippen MR) is 129 cm³/mol. The minimum Gasteiger partial charge on any atom is -0.490 e. The lowest BCUT2D eigenvalue weighted by Crippen LogP contribution is -2.45. The van der Waals surface area contributed by atoms with Crippen molar-refractivity contribution in [2.45, 2.75) is 45.8 Å². The summed E-state index contributed by atoms with van der Waals surface area (Å²) in [6.45, 7) is 9.70. The van der Waals surface area contributed by atoms with Crippen molar-refractivity contribution in [1.82, 2.24) is 9.55 Å².